The van der Waals surface area contributed by atoms with Gasteiger partial charge < -0.3 is 22.1 Å². The lowest BCUT2D eigenvalue weighted by Gasteiger charge is -2.23. The van der Waals surface area contributed by atoms with E-state index in [0.717, 1.165) is 33.0 Å². The van der Waals surface area contributed by atoms with Crippen molar-refractivity contribution in [2.24, 2.45) is 11.5 Å². The molecule has 0 saturated carbocycles. The fourth-order valence-corrected chi connectivity index (χ4v) is 3.78. The summed E-state index contributed by atoms with van der Waals surface area (Å²) in [6.45, 7) is 8.42. The van der Waals surface area contributed by atoms with E-state index in [4.69, 9.17) is 11.5 Å². The number of unbranched alkanes of at least 4 members (excludes halogenated alkanes) is 15. The highest BCUT2D eigenvalue weighted by atomic mass is 15.3. The third kappa shape index (κ3) is 23.9. The molecular formula is C24H55N5. The van der Waals surface area contributed by atoms with Gasteiger partial charge in [0.2, 0.25) is 0 Å². The summed E-state index contributed by atoms with van der Waals surface area (Å²) in [5, 5.41) is 6.79. The summed E-state index contributed by atoms with van der Waals surface area (Å²) in [5.74, 6) is 0. The molecule has 176 valence electrons. The molecule has 0 radical (unpaired) electrons. The minimum Gasteiger partial charge on any atom is -0.329 e. The number of hydrogen-bond donors (Lipinski definition) is 4. The predicted molar refractivity (Wildman–Crippen MR) is 130 cm³/mol. The summed E-state index contributed by atoms with van der Waals surface area (Å²) in [7, 11) is 0. The molecule has 0 fully saturated rings. The SMILES string of the molecule is CCCCCCCCCCCCCCCCCCN(CNCCN)CNCCN. The van der Waals surface area contributed by atoms with Crippen molar-refractivity contribution in [3.05, 3.63) is 0 Å². The van der Waals surface area contributed by atoms with E-state index in [1.807, 2.05) is 0 Å². The van der Waals surface area contributed by atoms with E-state index in [1.165, 1.54) is 103 Å². The molecule has 0 bridgehead atoms. The van der Waals surface area contributed by atoms with Crippen molar-refractivity contribution in [3.8, 4) is 0 Å². The van der Waals surface area contributed by atoms with Gasteiger partial charge >= 0.3 is 0 Å². The molecule has 29 heavy (non-hydrogen) atoms. The lowest BCUT2D eigenvalue weighted by Crippen LogP contribution is -2.43. The fraction of sp³-hybridized carbons (Fsp3) is 1.00. The molecule has 0 aromatic carbocycles. The number of rotatable bonds is 25. The molecule has 0 rings (SSSR count). The summed E-state index contributed by atoms with van der Waals surface area (Å²) in [6, 6.07) is 0. The maximum atomic E-state index is 5.56. The molecule has 0 aromatic heterocycles. The average Bonchev–Trinajstić information content (AvgIpc) is 2.73. The van der Waals surface area contributed by atoms with Gasteiger partial charge in [0, 0.05) is 46.1 Å². The van der Waals surface area contributed by atoms with Crippen LogP contribution >= 0.6 is 0 Å². The van der Waals surface area contributed by atoms with E-state index in [-0.39, 0.29) is 0 Å². The largest absolute Gasteiger partial charge is 0.329 e. The third-order valence-corrected chi connectivity index (χ3v) is 5.64. The molecular weight excluding hydrogens is 358 g/mol. The fourth-order valence-electron chi connectivity index (χ4n) is 3.78. The predicted octanol–water partition coefficient (Wildman–Crippen LogP) is 4.56. The molecule has 0 unspecified atom stereocenters. The summed E-state index contributed by atoms with van der Waals surface area (Å²) < 4.78 is 0. The van der Waals surface area contributed by atoms with Gasteiger partial charge in [-0.1, -0.05) is 103 Å². The summed E-state index contributed by atoms with van der Waals surface area (Å²) in [6.07, 6.45) is 22.7. The molecule has 0 amide bonds. The van der Waals surface area contributed by atoms with Crippen molar-refractivity contribution in [2.45, 2.75) is 110 Å². The van der Waals surface area contributed by atoms with Gasteiger partial charge in [-0.15, -0.1) is 0 Å². The number of hydrogen-bond acceptors (Lipinski definition) is 5. The van der Waals surface area contributed by atoms with Gasteiger partial charge in [-0.05, 0) is 6.42 Å². The van der Waals surface area contributed by atoms with E-state index in [1.54, 1.807) is 0 Å². The molecule has 6 N–H and O–H groups in total. The molecule has 0 spiro atoms. The smallest absolute Gasteiger partial charge is 0.0492 e. The van der Waals surface area contributed by atoms with E-state index in [2.05, 4.69) is 22.5 Å². The molecule has 0 aliphatic carbocycles. The van der Waals surface area contributed by atoms with Gasteiger partial charge in [0.05, 0.1) is 0 Å². The van der Waals surface area contributed by atoms with Crippen LogP contribution in [0.5, 0.6) is 0 Å². The average molecular weight is 414 g/mol. The van der Waals surface area contributed by atoms with Crippen molar-refractivity contribution in [1.29, 1.82) is 0 Å². The van der Waals surface area contributed by atoms with E-state index in [9.17, 15) is 0 Å². The number of nitrogens with one attached hydrogen (secondary N) is 2. The van der Waals surface area contributed by atoms with Gasteiger partial charge in [-0.3, -0.25) is 4.90 Å². The van der Waals surface area contributed by atoms with Crippen LogP contribution < -0.4 is 22.1 Å². The molecule has 0 saturated heterocycles. The maximum Gasteiger partial charge on any atom is 0.0492 e. The standard InChI is InChI=1S/C24H55N5/c1-2-3-4-5-6-7-8-9-10-11-12-13-14-15-16-17-22-29(23-27-20-18-25)24-28-21-19-26/h27-28H,2-26H2,1H3. The van der Waals surface area contributed by atoms with Gasteiger partial charge in [0.15, 0.2) is 0 Å². The van der Waals surface area contributed by atoms with Gasteiger partial charge in [0.1, 0.15) is 0 Å². The normalized spacial score (nSPS) is 11.6. The second-order valence-electron chi connectivity index (χ2n) is 8.59. The Kier molecular flexibility index (Phi) is 25.7. The van der Waals surface area contributed by atoms with Crippen LogP contribution in [0.3, 0.4) is 0 Å². The minimum atomic E-state index is 0.698. The van der Waals surface area contributed by atoms with Gasteiger partial charge in [-0.2, -0.15) is 0 Å². The Labute approximate surface area is 183 Å². The zero-order valence-corrected chi connectivity index (χ0v) is 19.9. The molecule has 0 heterocycles. The van der Waals surface area contributed by atoms with Crippen LogP contribution in [0.25, 0.3) is 0 Å². The van der Waals surface area contributed by atoms with Crippen molar-refractivity contribution in [3.63, 3.8) is 0 Å². The molecule has 5 nitrogen and oxygen atoms in total. The Bertz CT molecular complexity index is 278. The third-order valence-electron chi connectivity index (χ3n) is 5.64. The quantitative estimate of drug-likeness (QED) is 0.130. The Balaban J connectivity index is 3.35. The summed E-state index contributed by atoms with van der Waals surface area (Å²) >= 11 is 0. The Hall–Kier alpha value is -0.200. The first kappa shape index (κ1) is 28.8. The van der Waals surface area contributed by atoms with Gasteiger partial charge in [-0.25, -0.2) is 0 Å². The van der Waals surface area contributed by atoms with Crippen LogP contribution in [0.2, 0.25) is 0 Å². The topological polar surface area (TPSA) is 79.3 Å². The number of nitrogens with two attached hydrogens (primary N) is 2. The molecule has 0 aliphatic rings. The van der Waals surface area contributed by atoms with Crippen molar-refractivity contribution in [1.82, 2.24) is 15.5 Å². The lowest BCUT2D eigenvalue weighted by atomic mass is 10.0. The highest BCUT2D eigenvalue weighted by Crippen LogP contribution is 2.13. The van der Waals surface area contributed by atoms with Crippen LogP contribution in [-0.2, 0) is 0 Å². The summed E-state index contributed by atoms with van der Waals surface area (Å²) in [5.41, 5.74) is 11.1. The van der Waals surface area contributed by atoms with Crippen LogP contribution in [0.4, 0.5) is 0 Å². The summed E-state index contributed by atoms with van der Waals surface area (Å²) in [4.78, 5) is 2.43. The van der Waals surface area contributed by atoms with Crippen molar-refractivity contribution >= 4 is 0 Å². The second kappa shape index (κ2) is 25.8. The zero-order chi connectivity index (χ0) is 21.3. The second-order valence-corrected chi connectivity index (χ2v) is 8.59. The van der Waals surface area contributed by atoms with Crippen LogP contribution in [-0.4, -0.2) is 51.0 Å². The molecule has 5 heteroatoms. The van der Waals surface area contributed by atoms with E-state index in [0.29, 0.717) is 13.1 Å². The Morgan fingerprint density at radius 1 is 0.517 bits per heavy atom. The number of nitrogens with zero attached hydrogens (tertiary/aromatic N) is 1. The molecule has 0 aromatic rings. The molecule has 0 atom stereocenters. The monoisotopic (exact) mass is 413 g/mol. The van der Waals surface area contributed by atoms with E-state index < -0.39 is 0 Å². The highest BCUT2D eigenvalue weighted by Gasteiger charge is 2.03. The van der Waals surface area contributed by atoms with Gasteiger partial charge in [0.25, 0.3) is 0 Å². The van der Waals surface area contributed by atoms with Crippen molar-refractivity contribution in [2.75, 3.05) is 46.1 Å². The first-order valence-electron chi connectivity index (χ1n) is 12.9. The Morgan fingerprint density at radius 3 is 1.21 bits per heavy atom. The lowest BCUT2D eigenvalue weighted by molar-refractivity contribution is 0.231. The van der Waals surface area contributed by atoms with Crippen LogP contribution in [0.15, 0.2) is 0 Å². The van der Waals surface area contributed by atoms with Crippen molar-refractivity contribution < 1.29 is 0 Å². The first-order valence-corrected chi connectivity index (χ1v) is 12.9. The minimum absolute atomic E-state index is 0.698. The Morgan fingerprint density at radius 2 is 0.862 bits per heavy atom. The highest BCUT2D eigenvalue weighted by molar-refractivity contribution is 4.58. The maximum absolute atomic E-state index is 5.56. The molecule has 0 aliphatic heterocycles. The van der Waals surface area contributed by atoms with E-state index >= 15 is 0 Å². The zero-order valence-electron chi connectivity index (χ0n) is 19.9. The first-order chi connectivity index (χ1) is 14.3. The van der Waals surface area contributed by atoms with Crippen LogP contribution in [0.1, 0.15) is 110 Å². The van der Waals surface area contributed by atoms with Crippen LogP contribution in [0, 0.1) is 0 Å².